The van der Waals surface area contributed by atoms with Crippen molar-refractivity contribution in [2.75, 3.05) is 22.5 Å². The highest BCUT2D eigenvalue weighted by Gasteiger charge is 2.15. The van der Waals surface area contributed by atoms with Crippen molar-refractivity contribution in [2.24, 2.45) is 0 Å². The Morgan fingerprint density at radius 1 is 1.22 bits per heavy atom. The summed E-state index contributed by atoms with van der Waals surface area (Å²) in [7, 11) is -3.28. The van der Waals surface area contributed by atoms with Crippen LogP contribution in [0.4, 0.5) is 5.69 Å². The molecule has 0 aliphatic carbocycles. The summed E-state index contributed by atoms with van der Waals surface area (Å²) in [6.45, 7) is 3.00. The number of hydrogen-bond donors (Lipinski definition) is 1. The van der Waals surface area contributed by atoms with Crippen LogP contribution in [0.2, 0.25) is 0 Å². The number of anilines is 1. The summed E-state index contributed by atoms with van der Waals surface area (Å²) in [5.41, 5.74) is 1.72. The van der Waals surface area contributed by atoms with E-state index in [0.717, 1.165) is 25.2 Å². The number of benzene rings is 1. The van der Waals surface area contributed by atoms with E-state index in [0.29, 0.717) is 5.69 Å². The molecule has 1 N–H and O–H groups in total. The first-order chi connectivity index (χ1) is 8.61. The molecule has 0 atom stereocenters. The number of sulfonamides is 1. The van der Waals surface area contributed by atoms with Gasteiger partial charge in [-0.2, -0.15) is 0 Å². The molecule has 0 bridgehead atoms. The number of nitrogens with one attached hydrogen (secondary N) is 1. The van der Waals surface area contributed by atoms with Crippen LogP contribution < -0.4 is 4.72 Å². The van der Waals surface area contributed by atoms with Gasteiger partial charge in [-0.25, -0.2) is 8.42 Å². The fourth-order valence-corrected chi connectivity index (χ4v) is 3.07. The molecule has 1 aliphatic heterocycles. The molecule has 2 rings (SSSR count). The van der Waals surface area contributed by atoms with Crippen LogP contribution in [-0.2, 0) is 16.6 Å². The van der Waals surface area contributed by atoms with Crippen molar-refractivity contribution in [2.45, 2.75) is 19.4 Å². The summed E-state index contributed by atoms with van der Waals surface area (Å²) >= 11 is 2.98. The molecule has 0 amide bonds. The number of para-hydroxylation sites is 1. The Hall–Kier alpha value is -0.590. The van der Waals surface area contributed by atoms with Crippen LogP contribution in [0.15, 0.2) is 24.3 Å². The van der Waals surface area contributed by atoms with Gasteiger partial charge >= 0.3 is 0 Å². The second kappa shape index (κ2) is 6.04. The van der Waals surface area contributed by atoms with Crippen LogP contribution in [0.5, 0.6) is 0 Å². The van der Waals surface area contributed by atoms with Crippen LogP contribution in [-0.4, -0.2) is 31.1 Å². The first-order valence-electron chi connectivity index (χ1n) is 5.97. The number of likely N-dealkylation sites (tertiary alicyclic amines) is 1. The minimum Gasteiger partial charge on any atom is -0.299 e. The van der Waals surface area contributed by atoms with Crippen molar-refractivity contribution in [3.63, 3.8) is 0 Å². The molecule has 4 nitrogen and oxygen atoms in total. The number of alkyl halides is 1. The van der Waals surface area contributed by atoms with Gasteiger partial charge in [0.1, 0.15) is 4.66 Å². The van der Waals surface area contributed by atoms with E-state index < -0.39 is 10.0 Å². The molecule has 1 aromatic rings. The van der Waals surface area contributed by atoms with E-state index in [4.69, 9.17) is 0 Å². The van der Waals surface area contributed by atoms with Crippen molar-refractivity contribution in [3.05, 3.63) is 29.8 Å². The quantitative estimate of drug-likeness (QED) is 0.842. The smallest absolute Gasteiger partial charge is 0.242 e. The molecule has 1 fully saturated rings. The molecule has 100 valence electrons. The van der Waals surface area contributed by atoms with E-state index in [2.05, 4.69) is 25.6 Å². The van der Waals surface area contributed by atoms with Gasteiger partial charge in [0.15, 0.2) is 0 Å². The molecule has 1 aromatic carbocycles. The summed E-state index contributed by atoms with van der Waals surface area (Å²) in [6, 6.07) is 7.58. The summed E-state index contributed by atoms with van der Waals surface area (Å²) in [6.07, 6.45) is 2.46. The minimum absolute atomic E-state index is 0.0853. The van der Waals surface area contributed by atoms with Crippen molar-refractivity contribution < 1.29 is 8.42 Å². The number of halogens is 1. The van der Waals surface area contributed by atoms with Crippen LogP contribution in [0.3, 0.4) is 0 Å². The molecular weight excluding hydrogens is 316 g/mol. The number of rotatable bonds is 5. The molecule has 1 heterocycles. The second-order valence-electron chi connectivity index (χ2n) is 4.47. The highest BCUT2D eigenvalue weighted by atomic mass is 79.9. The highest BCUT2D eigenvalue weighted by molar-refractivity contribution is 9.10. The largest absolute Gasteiger partial charge is 0.299 e. The van der Waals surface area contributed by atoms with Gasteiger partial charge in [0.2, 0.25) is 10.0 Å². The van der Waals surface area contributed by atoms with Crippen molar-refractivity contribution in [1.29, 1.82) is 0 Å². The summed E-state index contributed by atoms with van der Waals surface area (Å²) in [5.74, 6) is 0. The Morgan fingerprint density at radius 2 is 1.89 bits per heavy atom. The average Bonchev–Trinajstić information content (AvgIpc) is 2.84. The zero-order valence-electron chi connectivity index (χ0n) is 10.1. The molecule has 0 saturated carbocycles. The standard InChI is InChI=1S/C12H17BrN2O2S/c13-10-18(16,17)14-12-6-2-1-5-11(12)9-15-7-3-4-8-15/h1-2,5-6,14H,3-4,7-10H2. The molecule has 0 aromatic heterocycles. The van der Waals surface area contributed by atoms with Gasteiger partial charge < -0.3 is 0 Å². The topological polar surface area (TPSA) is 49.4 Å². The Kier molecular flexibility index (Phi) is 4.64. The van der Waals surface area contributed by atoms with Gasteiger partial charge in [-0.1, -0.05) is 34.1 Å². The summed E-state index contributed by atoms with van der Waals surface area (Å²) < 4.78 is 25.7. The van der Waals surface area contributed by atoms with Gasteiger partial charge in [0.05, 0.1) is 5.69 Å². The maximum absolute atomic E-state index is 11.6. The zero-order valence-corrected chi connectivity index (χ0v) is 12.5. The molecular formula is C12H17BrN2O2S. The average molecular weight is 333 g/mol. The number of nitrogens with zero attached hydrogens (tertiary/aromatic N) is 1. The maximum Gasteiger partial charge on any atom is 0.242 e. The van der Waals surface area contributed by atoms with Gasteiger partial charge in [0, 0.05) is 6.54 Å². The predicted molar refractivity (Wildman–Crippen MR) is 77.3 cm³/mol. The van der Waals surface area contributed by atoms with E-state index in [1.165, 1.54) is 12.8 Å². The highest BCUT2D eigenvalue weighted by Crippen LogP contribution is 2.21. The lowest BCUT2D eigenvalue weighted by Crippen LogP contribution is -2.20. The van der Waals surface area contributed by atoms with E-state index in [-0.39, 0.29) is 4.66 Å². The fraction of sp³-hybridized carbons (Fsp3) is 0.500. The van der Waals surface area contributed by atoms with Gasteiger partial charge in [0.25, 0.3) is 0 Å². The van der Waals surface area contributed by atoms with Gasteiger partial charge in [-0.15, -0.1) is 0 Å². The monoisotopic (exact) mass is 332 g/mol. The second-order valence-corrected chi connectivity index (χ2v) is 7.49. The Bertz CT molecular complexity index is 499. The van der Waals surface area contributed by atoms with E-state index in [9.17, 15) is 8.42 Å². The van der Waals surface area contributed by atoms with E-state index >= 15 is 0 Å². The van der Waals surface area contributed by atoms with Crippen molar-refractivity contribution in [3.8, 4) is 0 Å². The van der Waals surface area contributed by atoms with E-state index in [1.54, 1.807) is 0 Å². The lowest BCUT2D eigenvalue weighted by Gasteiger charge is -2.17. The van der Waals surface area contributed by atoms with Gasteiger partial charge in [-0.05, 0) is 37.6 Å². The predicted octanol–water partition coefficient (Wildman–Crippen LogP) is 2.38. The normalized spacial score (nSPS) is 16.9. The van der Waals surface area contributed by atoms with Crippen LogP contribution in [0.25, 0.3) is 0 Å². The summed E-state index contributed by atoms with van der Waals surface area (Å²) in [5, 5.41) is 0. The van der Waals surface area contributed by atoms with Crippen molar-refractivity contribution in [1.82, 2.24) is 4.90 Å². The van der Waals surface area contributed by atoms with E-state index in [1.807, 2.05) is 24.3 Å². The van der Waals surface area contributed by atoms with Crippen molar-refractivity contribution >= 4 is 31.6 Å². The third-order valence-electron chi connectivity index (χ3n) is 3.02. The molecule has 0 radical (unpaired) electrons. The SMILES string of the molecule is O=S(=O)(CBr)Nc1ccccc1CN1CCCC1. The Balaban J connectivity index is 2.14. The van der Waals surface area contributed by atoms with Crippen LogP contribution in [0, 0.1) is 0 Å². The summed E-state index contributed by atoms with van der Waals surface area (Å²) in [4.78, 5) is 2.35. The fourth-order valence-electron chi connectivity index (χ4n) is 2.13. The number of hydrogen-bond acceptors (Lipinski definition) is 3. The third-order valence-corrected chi connectivity index (χ3v) is 5.65. The first-order valence-corrected chi connectivity index (χ1v) is 8.75. The lowest BCUT2D eigenvalue weighted by atomic mass is 10.2. The Morgan fingerprint density at radius 3 is 2.56 bits per heavy atom. The lowest BCUT2D eigenvalue weighted by molar-refractivity contribution is 0.332. The first kappa shape index (κ1) is 13.8. The van der Waals surface area contributed by atoms with Gasteiger partial charge in [-0.3, -0.25) is 9.62 Å². The van der Waals surface area contributed by atoms with Crippen LogP contribution in [0.1, 0.15) is 18.4 Å². The molecule has 0 spiro atoms. The molecule has 1 aliphatic rings. The minimum atomic E-state index is -3.28. The third kappa shape index (κ3) is 3.70. The molecule has 18 heavy (non-hydrogen) atoms. The molecule has 0 unspecified atom stereocenters. The Labute approximate surface area is 117 Å². The van der Waals surface area contributed by atoms with Crippen LogP contribution >= 0.6 is 15.9 Å². The molecule has 6 heteroatoms. The maximum atomic E-state index is 11.6. The zero-order chi connectivity index (χ0) is 13.0. The molecule has 1 saturated heterocycles.